The summed E-state index contributed by atoms with van der Waals surface area (Å²) in [5, 5.41) is 3.24. The molecule has 1 heterocycles. The van der Waals surface area contributed by atoms with E-state index in [0.717, 1.165) is 0 Å². The predicted molar refractivity (Wildman–Crippen MR) is 105 cm³/mol. The summed E-state index contributed by atoms with van der Waals surface area (Å²) >= 11 is 5.29. The molecule has 0 spiro atoms. The number of rotatable bonds is 6. The smallest absolute Gasteiger partial charge is 0.281 e. The molecule has 2 aromatic carbocycles. The molecule has 0 atom stereocenters. The molecule has 2 amide bonds. The van der Waals surface area contributed by atoms with Crippen molar-refractivity contribution in [2.24, 2.45) is 5.73 Å². The maximum atomic E-state index is 12.7. The zero-order valence-corrected chi connectivity index (χ0v) is 15.3. The van der Waals surface area contributed by atoms with Crippen LogP contribution in [0.2, 0.25) is 0 Å². The molecular formula is C19H17N3O4S. The number of carbonyl (C=O) groups is 2. The molecule has 1 aliphatic heterocycles. The van der Waals surface area contributed by atoms with Crippen LogP contribution in [-0.4, -0.2) is 30.6 Å². The summed E-state index contributed by atoms with van der Waals surface area (Å²) in [5.74, 6) is -0.0399. The van der Waals surface area contributed by atoms with Crippen molar-refractivity contribution in [2.45, 2.75) is 0 Å². The van der Waals surface area contributed by atoms with Crippen LogP contribution >= 0.6 is 12.2 Å². The maximum Gasteiger partial charge on any atom is 0.281 e. The molecule has 0 aliphatic carbocycles. The molecule has 1 saturated heterocycles. The van der Waals surface area contributed by atoms with Gasteiger partial charge in [-0.05, 0) is 48.1 Å². The number of nitrogens with two attached hydrogens (primary N) is 1. The first-order valence-corrected chi connectivity index (χ1v) is 8.41. The predicted octanol–water partition coefficient (Wildman–Crippen LogP) is 1.82. The largest absolute Gasteiger partial charge is 0.493 e. The highest BCUT2D eigenvalue weighted by Gasteiger charge is 2.31. The number of para-hydroxylation sites is 1. The number of nitrogens with zero attached hydrogens (tertiary/aromatic N) is 1. The summed E-state index contributed by atoms with van der Waals surface area (Å²) in [5.41, 5.74) is 6.82. The van der Waals surface area contributed by atoms with Crippen molar-refractivity contribution in [3.8, 4) is 11.5 Å². The van der Waals surface area contributed by atoms with Gasteiger partial charge in [0, 0.05) is 0 Å². The molecule has 7 nitrogen and oxygen atoms in total. The van der Waals surface area contributed by atoms with Crippen LogP contribution in [0, 0.1) is 0 Å². The second-order valence-electron chi connectivity index (χ2n) is 5.63. The molecule has 1 aliphatic rings. The zero-order valence-electron chi connectivity index (χ0n) is 14.5. The van der Waals surface area contributed by atoms with Crippen LogP contribution in [0.4, 0.5) is 5.69 Å². The number of carbonyl (C=O) groups excluding carboxylic acids is 2. The van der Waals surface area contributed by atoms with Gasteiger partial charge in [-0.15, -0.1) is 0 Å². The Morgan fingerprint density at radius 1 is 1.22 bits per heavy atom. The number of ether oxygens (including phenoxy) is 2. The van der Waals surface area contributed by atoms with Gasteiger partial charge < -0.3 is 20.5 Å². The summed E-state index contributed by atoms with van der Waals surface area (Å²) in [6.07, 6.45) is 1.66. The lowest BCUT2D eigenvalue weighted by atomic mass is 10.1. The van der Waals surface area contributed by atoms with Crippen molar-refractivity contribution in [2.75, 3.05) is 18.6 Å². The minimum Gasteiger partial charge on any atom is -0.493 e. The molecule has 27 heavy (non-hydrogen) atoms. The highest BCUT2D eigenvalue weighted by atomic mass is 32.1. The second-order valence-corrected chi connectivity index (χ2v) is 6.02. The summed E-state index contributed by atoms with van der Waals surface area (Å²) in [6, 6.07) is 14.2. The fourth-order valence-corrected chi connectivity index (χ4v) is 2.85. The maximum absolute atomic E-state index is 12.7. The van der Waals surface area contributed by atoms with Crippen molar-refractivity contribution < 1.29 is 19.1 Å². The Morgan fingerprint density at radius 2 is 1.96 bits per heavy atom. The van der Waals surface area contributed by atoms with Crippen LogP contribution in [0.5, 0.6) is 11.5 Å². The third kappa shape index (κ3) is 4.06. The number of hydrogen-bond donors (Lipinski definition) is 2. The van der Waals surface area contributed by atoms with Crippen LogP contribution in [0.1, 0.15) is 5.56 Å². The number of benzene rings is 2. The standard InChI is InChI=1S/C19H17N3O4S/c1-25-16-10-12(7-8-15(16)26-11-17(20)23)9-14-18(24)22(19(27)21-14)13-5-3-2-4-6-13/h2-10H,11H2,1H3,(H2,20,23)(H,21,27)/b14-9+. The van der Waals surface area contributed by atoms with Gasteiger partial charge in [-0.2, -0.15) is 0 Å². The number of amides is 2. The molecule has 0 saturated carbocycles. The van der Waals surface area contributed by atoms with Gasteiger partial charge in [-0.25, -0.2) is 0 Å². The Morgan fingerprint density at radius 3 is 2.63 bits per heavy atom. The Bertz CT molecular complexity index is 928. The highest BCUT2D eigenvalue weighted by Crippen LogP contribution is 2.29. The molecule has 138 valence electrons. The molecule has 3 rings (SSSR count). The van der Waals surface area contributed by atoms with Crippen molar-refractivity contribution in [1.82, 2.24) is 5.32 Å². The van der Waals surface area contributed by atoms with Gasteiger partial charge in [0.2, 0.25) is 0 Å². The van der Waals surface area contributed by atoms with Gasteiger partial charge in [0.1, 0.15) is 5.70 Å². The fourth-order valence-electron chi connectivity index (χ4n) is 2.56. The second kappa shape index (κ2) is 7.88. The van der Waals surface area contributed by atoms with Gasteiger partial charge in [0.25, 0.3) is 11.8 Å². The average molecular weight is 383 g/mol. The molecule has 0 unspecified atom stereocenters. The summed E-state index contributed by atoms with van der Waals surface area (Å²) in [7, 11) is 1.48. The molecule has 0 aromatic heterocycles. The first kappa shape index (κ1) is 18.4. The molecule has 3 N–H and O–H groups in total. The number of primary amides is 1. The summed E-state index contributed by atoms with van der Waals surface area (Å²) < 4.78 is 10.6. The van der Waals surface area contributed by atoms with Crippen molar-refractivity contribution >= 4 is 40.9 Å². The number of thiocarbonyl (C=S) groups is 1. The van der Waals surface area contributed by atoms with E-state index in [2.05, 4.69) is 5.32 Å². The molecular weight excluding hydrogens is 366 g/mol. The first-order valence-electron chi connectivity index (χ1n) is 8.01. The lowest BCUT2D eigenvalue weighted by Gasteiger charge is -2.13. The Kier molecular flexibility index (Phi) is 5.37. The number of methoxy groups -OCH3 is 1. The normalized spacial score (nSPS) is 15.0. The van der Waals surface area contributed by atoms with Crippen LogP contribution < -0.4 is 25.4 Å². The minimum absolute atomic E-state index is 0.251. The third-order valence-corrected chi connectivity index (χ3v) is 4.05. The molecule has 8 heteroatoms. The van der Waals surface area contributed by atoms with Crippen LogP contribution in [0.25, 0.3) is 6.08 Å². The topological polar surface area (TPSA) is 93.9 Å². The monoisotopic (exact) mass is 383 g/mol. The van der Waals surface area contributed by atoms with E-state index in [9.17, 15) is 9.59 Å². The van der Waals surface area contributed by atoms with Crippen LogP contribution in [0.15, 0.2) is 54.2 Å². The van der Waals surface area contributed by atoms with E-state index in [-0.39, 0.29) is 12.5 Å². The fraction of sp³-hybridized carbons (Fsp3) is 0.105. The van der Waals surface area contributed by atoms with Crippen LogP contribution in [-0.2, 0) is 9.59 Å². The van der Waals surface area contributed by atoms with Gasteiger partial charge in [0.05, 0.1) is 12.8 Å². The van der Waals surface area contributed by atoms with Crippen molar-refractivity contribution in [1.29, 1.82) is 0 Å². The lowest BCUT2D eigenvalue weighted by molar-refractivity contribution is -0.120. The van der Waals surface area contributed by atoms with Crippen molar-refractivity contribution in [3.05, 3.63) is 59.8 Å². The van der Waals surface area contributed by atoms with Gasteiger partial charge in [0.15, 0.2) is 23.2 Å². The van der Waals surface area contributed by atoms with Gasteiger partial charge >= 0.3 is 0 Å². The van der Waals surface area contributed by atoms with E-state index in [4.69, 9.17) is 27.4 Å². The number of nitrogens with one attached hydrogen (secondary N) is 1. The lowest BCUT2D eigenvalue weighted by Crippen LogP contribution is -2.30. The van der Waals surface area contributed by atoms with E-state index in [0.29, 0.717) is 33.6 Å². The van der Waals surface area contributed by atoms with E-state index in [1.165, 1.54) is 12.0 Å². The third-order valence-electron chi connectivity index (χ3n) is 3.76. The average Bonchev–Trinajstić information content (AvgIpc) is 2.94. The van der Waals surface area contributed by atoms with Crippen molar-refractivity contribution in [3.63, 3.8) is 0 Å². The summed E-state index contributed by atoms with van der Waals surface area (Å²) in [6.45, 7) is -0.253. The highest BCUT2D eigenvalue weighted by molar-refractivity contribution is 7.80. The molecule has 0 bridgehead atoms. The molecule has 1 fully saturated rings. The van der Waals surface area contributed by atoms with E-state index < -0.39 is 5.91 Å². The van der Waals surface area contributed by atoms with Crippen LogP contribution in [0.3, 0.4) is 0 Å². The Balaban J connectivity index is 1.85. The SMILES string of the molecule is COc1cc(/C=C2/NC(=S)N(c3ccccc3)C2=O)ccc1OCC(N)=O. The zero-order chi connectivity index (χ0) is 19.4. The van der Waals surface area contributed by atoms with Gasteiger partial charge in [-0.3, -0.25) is 14.5 Å². The number of anilines is 1. The van der Waals surface area contributed by atoms with Gasteiger partial charge in [-0.1, -0.05) is 24.3 Å². The summed E-state index contributed by atoms with van der Waals surface area (Å²) in [4.78, 5) is 25.0. The van der Waals surface area contributed by atoms with E-state index >= 15 is 0 Å². The Hall–Kier alpha value is -3.39. The van der Waals surface area contributed by atoms with E-state index in [1.54, 1.807) is 24.3 Å². The van der Waals surface area contributed by atoms with E-state index in [1.807, 2.05) is 30.3 Å². The first-order chi connectivity index (χ1) is 13.0. The number of hydrogen-bond acceptors (Lipinski definition) is 5. The Labute approximate surface area is 161 Å². The molecule has 0 radical (unpaired) electrons. The minimum atomic E-state index is -0.585. The quantitative estimate of drug-likeness (QED) is 0.584. The molecule has 2 aromatic rings.